The van der Waals surface area contributed by atoms with Crippen LogP contribution in [0.2, 0.25) is 0 Å². The molecule has 2 heteroatoms. The smallest absolute Gasteiger partial charge is 0.166 e. The maximum atomic E-state index is 12.6. The molecule has 0 amide bonds. The van der Waals surface area contributed by atoms with Crippen LogP contribution < -0.4 is 0 Å². The summed E-state index contributed by atoms with van der Waals surface area (Å²) in [4.78, 5) is 24.0. The van der Waals surface area contributed by atoms with Crippen LogP contribution >= 0.6 is 0 Å². The number of benzene rings is 1. The van der Waals surface area contributed by atoms with Crippen molar-refractivity contribution in [3.8, 4) is 0 Å². The quantitative estimate of drug-likeness (QED) is 0.429. The van der Waals surface area contributed by atoms with Crippen molar-refractivity contribution in [3.05, 3.63) is 35.4 Å². The SMILES string of the molecule is CCCCCCCCC(C=O)CC1CCc2ccccc2C1=O. The Kier molecular flexibility index (Phi) is 7.51. The van der Waals surface area contributed by atoms with E-state index >= 15 is 0 Å². The number of ketones is 1. The monoisotopic (exact) mass is 314 g/mol. The van der Waals surface area contributed by atoms with Gasteiger partial charge in [-0.1, -0.05) is 69.7 Å². The minimum atomic E-state index is 0.0418. The van der Waals surface area contributed by atoms with Crippen molar-refractivity contribution < 1.29 is 9.59 Å². The topological polar surface area (TPSA) is 34.1 Å². The van der Waals surface area contributed by atoms with Crippen LogP contribution in [0.4, 0.5) is 0 Å². The molecule has 126 valence electrons. The highest BCUT2D eigenvalue weighted by atomic mass is 16.1. The molecule has 1 aliphatic carbocycles. The maximum absolute atomic E-state index is 12.6. The van der Waals surface area contributed by atoms with Crippen molar-refractivity contribution in [2.45, 2.75) is 71.1 Å². The highest BCUT2D eigenvalue weighted by Gasteiger charge is 2.28. The lowest BCUT2D eigenvalue weighted by Gasteiger charge is -2.25. The lowest BCUT2D eigenvalue weighted by atomic mass is 9.78. The molecule has 0 fully saturated rings. The molecule has 1 aromatic rings. The van der Waals surface area contributed by atoms with E-state index in [-0.39, 0.29) is 17.6 Å². The summed E-state index contributed by atoms with van der Waals surface area (Å²) < 4.78 is 0. The summed E-state index contributed by atoms with van der Waals surface area (Å²) in [5.41, 5.74) is 2.06. The second kappa shape index (κ2) is 9.64. The van der Waals surface area contributed by atoms with Gasteiger partial charge in [0.25, 0.3) is 0 Å². The van der Waals surface area contributed by atoms with E-state index in [0.717, 1.165) is 44.0 Å². The molecule has 0 saturated heterocycles. The summed E-state index contributed by atoms with van der Waals surface area (Å²) >= 11 is 0. The van der Waals surface area contributed by atoms with Crippen LogP contribution in [0.15, 0.2) is 24.3 Å². The summed E-state index contributed by atoms with van der Waals surface area (Å²) in [6, 6.07) is 7.93. The summed E-state index contributed by atoms with van der Waals surface area (Å²) in [7, 11) is 0. The second-order valence-corrected chi connectivity index (χ2v) is 6.95. The van der Waals surface area contributed by atoms with Gasteiger partial charge in [-0.05, 0) is 31.2 Å². The van der Waals surface area contributed by atoms with Gasteiger partial charge in [-0.2, -0.15) is 0 Å². The highest BCUT2D eigenvalue weighted by Crippen LogP contribution is 2.30. The lowest BCUT2D eigenvalue weighted by molar-refractivity contribution is -0.111. The van der Waals surface area contributed by atoms with E-state index in [1.807, 2.05) is 18.2 Å². The second-order valence-electron chi connectivity index (χ2n) is 6.95. The number of hydrogen-bond acceptors (Lipinski definition) is 2. The predicted molar refractivity (Wildman–Crippen MR) is 94.7 cm³/mol. The van der Waals surface area contributed by atoms with E-state index in [9.17, 15) is 9.59 Å². The van der Waals surface area contributed by atoms with E-state index in [4.69, 9.17) is 0 Å². The van der Waals surface area contributed by atoms with Gasteiger partial charge in [-0.15, -0.1) is 0 Å². The molecule has 2 atom stereocenters. The average Bonchev–Trinajstić information content (AvgIpc) is 2.59. The molecule has 0 bridgehead atoms. The third-order valence-corrected chi connectivity index (χ3v) is 5.12. The zero-order valence-corrected chi connectivity index (χ0v) is 14.4. The summed E-state index contributed by atoms with van der Waals surface area (Å²) in [5.74, 6) is 0.349. The molecule has 0 aromatic heterocycles. The van der Waals surface area contributed by atoms with Gasteiger partial charge in [0, 0.05) is 17.4 Å². The zero-order valence-electron chi connectivity index (χ0n) is 14.4. The highest BCUT2D eigenvalue weighted by molar-refractivity contribution is 6.00. The van der Waals surface area contributed by atoms with E-state index in [0.29, 0.717) is 0 Å². The molecule has 0 aliphatic heterocycles. The first kappa shape index (κ1) is 17.9. The average molecular weight is 314 g/mol. The Morgan fingerprint density at radius 3 is 2.65 bits per heavy atom. The van der Waals surface area contributed by atoms with Crippen molar-refractivity contribution in [3.63, 3.8) is 0 Å². The fourth-order valence-electron chi connectivity index (χ4n) is 3.68. The van der Waals surface area contributed by atoms with E-state index in [2.05, 4.69) is 13.0 Å². The van der Waals surface area contributed by atoms with Gasteiger partial charge in [0.15, 0.2) is 5.78 Å². The third kappa shape index (κ3) is 5.30. The summed E-state index contributed by atoms with van der Waals surface area (Å²) in [6.07, 6.45) is 12.1. The normalized spacial score (nSPS) is 18.5. The number of fused-ring (bicyclic) bond motifs is 1. The number of carbonyl (C=O) groups excluding carboxylic acids is 2. The molecule has 0 heterocycles. The van der Waals surface area contributed by atoms with Crippen molar-refractivity contribution in [2.24, 2.45) is 11.8 Å². The molecule has 0 N–H and O–H groups in total. The van der Waals surface area contributed by atoms with Gasteiger partial charge >= 0.3 is 0 Å². The van der Waals surface area contributed by atoms with Crippen molar-refractivity contribution in [1.29, 1.82) is 0 Å². The predicted octanol–water partition coefficient (Wildman–Crippen LogP) is 5.39. The Hall–Kier alpha value is -1.44. The molecule has 0 radical (unpaired) electrons. The Morgan fingerprint density at radius 1 is 1.13 bits per heavy atom. The zero-order chi connectivity index (χ0) is 16.5. The molecule has 2 nitrogen and oxygen atoms in total. The molecular formula is C21H30O2. The van der Waals surface area contributed by atoms with Crippen molar-refractivity contribution >= 4 is 12.1 Å². The Bertz CT molecular complexity index is 506. The number of unbranched alkanes of at least 4 members (excludes halogenated alkanes) is 5. The van der Waals surface area contributed by atoms with Crippen LogP contribution in [0.25, 0.3) is 0 Å². The molecule has 2 rings (SSSR count). The minimum absolute atomic E-state index is 0.0418. The largest absolute Gasteiger partial charge is 0.303 e. The van der Waals surface area contributed by atoms with Gasteiger partial charge in [-0.3, -0.25) is 4.79 Å². The Morgan fingerprint density at radius 2 is 1.87 bits per heavy atom. The third-order valence-electron chi connectivity index (χ3n) is 5.12. The standard InChI is InChI=1S/C21H30O2/c1-2-3-4-5-6-7-10-17(16-22)15-19-14-13-18-11-8-9-12-20(18)21(19)23/h8-9,11-12,16-17,19H,2-7,10,13-15H2,1H3. The first-order valence-corrected chi connectivity index (χ1v) is 9.33. The van der Waals surface area contributed by atoms with Crippen molar-refractivity contribution in [2.75, 3.05) is 0 Å². The van der Waals surface area contributed by atoms with Gasteiger partial charge in [0.2, 0.25) is 0 Å². The molecule has 2 unspecified atom stereocenters. The number of aldehydes is 1. The molecular weight excluding hydrogens is 284 g/mol. The number of carbonyl (C=O) groups is 2. The Balaban J connectivity index is 1.78. The maximum Gasteiger partial charge on any atom is 0.166 e. The van der Waals surface area contributed by atoms with Crippen molar-refractivity contribution in [1.82, 2.24) is 0 Å². The van der Waals surface area contributed by atoms with Crippen LogP contribution in [0.3, 0.4) is 0 Å². The number of aryl methyl sites for hydroxylation is 1. The number of hydrogen-bond donors (Lipinski definition) is 0. The Labute approximate surface area is 140 Å². The first-order chi connectivity index (χ1) is 11.3. The van der Waals surface area contributed by atoms with Crippen LogP contribution in [0.1, 0.15) is 80.6 Å². The fraction of sp³-hybridized carbons (Fsp3) is 0.619. The lowest BCUT2D eigenvalue weighted by Crippen LogP contribution is -2.25. The molecule has 0 saturated carbocycles. The van der Waals surface area contributed by atoms with E-state index in [1.54, 1.807) is 0 Å². The summed E-state index contributed by atoms with van der Waals surface area (Å²) in [5, 5.41) is 0. The minimum Gasteiger partial charge on any atom is -0.303 e. The first-order valence-electron chi connectivity index (χ1n) is 9.33. The van der Waals surface area contributed by atoms with Gasteiger partial charge in [0.1, 0.15) is 6.29 Å². The molecule has 1 aliphatic rings. The van der Waals surface area contributed by atoms with Gasteiger partial charge < -0.3 is 4.79 Å². The van der Waals surface area contributed by atoms with Crippen LogP contribution in [-0.4, -0.2) is 12.1 Å². The number of Topliss-reactive ketones (excluding diaryl/α,β-unsaturated/α-hetero) is 1. The summed E-state index contributed by atoms with van der Waals surface area (Å²) in [6.45, 7) is 2.22. The van der Waals surface area contributed by atoms with E-state index < -0.39 is 0 Å². The van der Waals surface area contributed by atoms with Gasteiger partial charge in [0.05, 0.1) is 0 Å². The fourth-order valence-corrected chi connectivity index (χ4v) is 3.68. The van der Waals surface area contributed by atoms with Crippen LogP contribution in [0.5, 0.6) is 0 Å². The van der Waals surface area contributed by atoms with Crippen LogP contribution in [0, 0.1) is 11.8 Å². The molecule has 1 aromatic carbocycles. The van der Waals surface area contributed by atoms with Gasteiger partial charge in [-0.25, -0.2) is 0 Å². The van der Waals surface area contributed by atoms with Crippen LogP contribution in [-0.2, 0) is 11.2 Å². The number of rotatable bonds is 10. The molecule has 23 heavy (non-hydrogen) atoms. The van der Waals surface area contributed by atoms with E-state index in [1.165, 1.54) is 37.7 Å². The molecule has 0 spiro atoms.